The van der Waals surface area contributed by atoms with Gasteiger partial charge in [-0.25, -0.2) is 0 Å². The van der Waals surface area contributed by atoms with Crippen LogP contribution in [0.15, 0.2) is 109 Å². The molecule has 0 aromatic heterocycles. The van der Waals surface area contributed by atoms with E-state index in [1.54, 1.807) is 0 Å². The van der Waals surface area contributed by atoms with E-state index in [9.17, 15) is 14.4 Å². The summed E-state index contributed by atoms with van der Waals surface area (Å²) in [6.45, 7) is 6.41. The summed E-state index contributed by atoms with van der Waals surface area (Å²) in [5, 5.41) is 0. The molecule has 1 atom stereocenters. The van der Waals surface area contributed by atoms with Crippen molar-refractivity contribution in [1.82, 2.24) is 0 Å². The molecule has 0 rings (SSSR count). The first-order valence-corrected chi connectivity index (χ1v) is 27.0. The van der Waals surface area contributed by atoms with Gasteiger partial charge in [-0.2, -0.15) is 0 Å². The van der Waals surface area contributed by atoms with E-state index in [4.69, 9.17) is 14.2 Å². The molecule has 0 heterocycles. The Morgan fingerprint density at radius 2 is 0.606 bits per heavy atom. The molecular weight excluding hydrogens is 817 g/mol. The molecule has 0 radical (unpaired) electrons. The summed E-state index contributed by atoms with van der Waals surface area (Å²) in [5.41, 5.74) is 0. The fourth-order valence-electron chi connectivity index (χ4n) is 7.11. The first-order valence-electron chi connectivity index (χ1n) is 27.0. The highest BCUT2D eigenvalue weighted by atomic mass is 16.6. The minimum Gasteiger partial charge on any atom is -0.462 e. The molecule has 0 N–H and O–H groups in total. The Bertz CT molecular complexity index is 1370. The Morgan fingerprint density at radius 1 is 0.318 bits per heavy atom. The van der Waals surface area contributed by atoms with Gasteiger partial charge < -0.3 is 14.2 Å². The zero-order chi connectivity index (χ0) is 47.9. The summed E-state index contributed by atoms with van der Waals surface area (Å²) >= 11 is 0. The van der Waals surface area contributed by atoms with Crippen molar-refractivity contribution in [2.45, 2.75) is 239 Å². The van der Waals surface area contributed by atoms with Crippen LogP contribution in [0.25, 0.3) is 0 Å². The number of ether oxygens (including phenoxy) is 3. The van der Waals surface area contributed by atoms with Crippen molar-refractivity contribution in [3.63, 3.8) is 0 Å². The highest BCUT2D eigenvalue weighted by molar-refractivity contribution is 5.71. The molecule has 0 saturated carbocycles. The number of esters is 3. The fourth-order valence-corrected chi connectivity index (χ4v) is 7.11. The molecule has 0 aliphatic rings. The largest absolute Gasteiger partial charge is 0.462 e. The molecule has 0 aromatic carbocycles. The maximum atomic E-state index is 12.8. The quantitative estimate of drug-likeness (QED) is 0.0199. The predicted octanol–water partition coefficient (Wildman–Crippen LogP) is 17.9. The Balaban J connectivity index is 4.53. The van der Waals surface area contributed by atoms with E-state index in [1.807, 2.05) is 60.8 Å². The second-order valence-electron chi connectivity index (χ2n) is 17.6. The average Bonchev–Trinajstić information content (AvgIpc) is 3.31. The first-order chi connectivity index (χ1) is 32.5. The van der Waals surface area contributed by atoms with Crippen LogP contribution in [0.4, 0.5) is 0 Å². The molecule has 374 valence electrons. The van der Waals surface area contributed by atoms with Crippen molar-refractivity contribution in [3.8, 4) is 0 Å². The molecule has 6 nitrogen and oxygen atoms in total. The third-order valence-electron chi connectivity index (χ3n) is 11.2. The number of unbranched alkanes of at least 4 members (excludes halogenated alkanes) is 24. The van der Waals surface area contributed by atoms with E-state index in [-0.39, 0.29) is 37.5 Å². The van der Waals surface area contributed by atoms with E-state index in [0.717, 1.165) is 96.3 Å². The molecule has 0 spiro atoms. The number of hydrogen-bond donors (Lipinski definition) is 0. The highest BCUT2D eigenvalue weighted by Crippen LogP contribution is 2.13. The van der Waals surface area contributed by atoms with Gasteiger partial charge in [0.25, 0.3) is 0 Å². The van der Waals surface area contributed by atoms with Crippen LogP contribution in [0.1, 0.15) is 233 Å². The summed E-state index contributed by atoms with van der Waals surface area (Å²) in [5.74, 6) is -0.988. The van der Waals surface area contributed by atoms with Crippen LogP contribution >= 0.6 is 0 Å². The maximum Gasteiger partial charge on any atom is 0.306 e. The minimum atomic E-state index is -0.816. The summed E-state index contributed by atoms with van der Waals surface area (Å²) in [4.78, 5) is 38.0. The van der Waals surface area contributed by atoms with Gasteiger partial charge >= 0.3 is 17.9 Å². The van der Waals surface area contributed by atoms with Gasteiger partial charge in [0.15, 0.2) is 6.10 Å². The Hall–Kier alpha value is -3.93. The van der Waals surface area contributed by atoms with Crippen molar-refractivity contribution >= 4 is 17.9 Å². The van der Waals surface area contributed by atoms with E-state index in [2.05, 4.69) is 69.4 Å². The van der Waals surface area contributed by atoms with E-state index < -0.39 is 6.10 Å². The molecule has 0 aliphatic carbocycles. The summed E-state index contributed by atoms with van der Waals surface area (Å²) in [6.07, 6.45) is 72.1. The first kappa shape index (κ1) is 62.1. The third kappa shape index (κ3) is 51.1. The molecule has 0 amide bonds. The predicted molar refractivity (Wildman–Crippen MR) is 283 cm³/mol. The zero-order valence-corrected chi connectivity index (χ0v) is 42.7. The van der Waals surface area contributed by atoms with Gasteiger partial charge in [-0.15, -0.1) is 0 Å². The lowest BCUT2D eigenvalue weighted by Crippen LogP contribution is -2.30. The number of carbonyl (C=O) groups excluding carboxylic acids is 3. The van der Waals surface area contributed by atoms with Crippen LogP contribution < -0.4 is 0 Å². The lowest BCUT2D eigenvalue weighted by molar-refractivity contribution is -0.167. The molecular formula is C60H98O6. The standard InChI is InChI=1S/C60H98O6/c1-4-7-10-13-16-19-22-25-27-29-31-32-35-38-41-44-47-50-53-59(62)65-56-57(55-64-58(61)52-49-46-43-40-37-34-24-21-18-15-12-9-6-3)66-60(63)54-51-48-45-42-39-36-33-30-28-26-23-20-17-14-11-8-5-2/h8,11,14,17,20,23,26-34,36-37,39,57H,4-7,9-10,12-13,15-16,18-19,21-22,24-25,35,38,40-56H2,1-3H3/b11-8-,17-14-,23-20-,28-26-,29-27-,32-31-,33-30+,37-34-,39-36-. The van der Waals surface area contributed by atoms with Crippen LogP contribution in [0, 0.1) is 0 Å². The molecule has 0 aromatic rings. The van der Waals surface area contributed by atoms with Crippen molar-refractivity contribution in [2.75, 3.05) is 13.2 Å². The number of allylic oxidation sites excluding steroid dienone is 18. The molecule has 1 unspecified atom stereocenters. The lowest BCUT2D eigenvalue weighted by atomic mass is 10.1. The van der Waals surface area contributed by atoms with Crippen LogP contribution in [0.2, 0.25) is 0 Å². The Kier molecular flexibility index (Phi) is 50.5. The van der Waals surface area contributed by atoms with Gasteiger partial charge in [0.05, 0.1) is 0 Å². The van der Waals surface area contributed by atoms with Crippen molar-refractivity contribution in [3.05, 3.63) is 109 Å². The second kappa shape index (κ2) is 53.7. The van der Waals surface area contributed by atoms with Crippen LogP contribution in [-0.2, 0) is 28.6 Å². The number of carbonyl (C=O) groups is 3. The normalized spacial score (nSPS) is 13.0. The van der Waals surface area contributed by atoms with Crippen LogP contribution in [0.5, 0.6) is 0 Å². The molecule has 0 aliphatic heterocycles. The third-order valence-corrected chi connectivity index (χ3v) is 11.2. The monoisotopic (exact) mass is 915 g/mol. The molecule has 6 heteroatoms. The van der Waals surface area contributed by atoms with E-state index >= 15 is 0 Å². The van der Waals surface area contributed by atoms with Gasteiger partial charge in [0.1, 0.15) is 13.2 Å². The Labute approximate surface area is 406 Å². The molecule has 0 saturated heterocycles. The molecule has 66 heavy (non-hydrogen) atoms. The van der Waals surface area contributed by atoms with Crippen molar-refractivity contribution in [2.24, 2.45) is 0 Å². The van der Waals surface area contributed by atoms with Gasteiger partial charge in [-0.3, -0.25) is 14.4 Å². The van der Waals surface area contributed by atoms with Crippen molar-refractivity contribution < 1.29 is 28.6 Å². The second-order valence-corrected chi connectivity index (χ2v) is 17.6. The lowest BCUT2D eigenvalue weighted by Gasteiger charge is -2.18. The molecule has 0 bridgehead atoms. The minimum absolute atomic E-state index is 0.111. The Morgan fingerprint density at radius 3 is 1.00 bits per heavy atom. The van der Waals surface area contributed by atoms with Gasteiger partial charge in [-0.05, 0) is 89.9 Å². The van der Waals surface area contributed by atoms with Crippen molar-refractivity contribution in [1.29, 1.82) is 0 Å². The van der Waals surface area contributed by atoms with E-state index in [0.29, 0.717) is 19.3 Å². The van der Waals surface area contributed by atoms with Gasteiger partial charge in [-0.1, -0.05) is 233 Å². The number of rotatable bonds is 47. The average molecular weight is 915 g/mol. The summed E-state index contributed by atoms with van der Waals surface area (Å²) in [6, 6.07) is 0. The summed E-state index contributed by atoms with van der Waals surface area (Å²) in [7, 11) is 0. The fraction of sp³-hybridized carbons (Fsp3) is 0.650. The topological polar surface area (TPSA) is 78.9 Å². The summed E-state index contributed by atoms with van der Waals surface area (Å²) < 4.78 is 16.8. The zero-order valence-electron chi connectivity index (χ0n) is 42.7. The van der Waals surface area contributed by atoms with Gasteiger partial charge in [0, 0.05) is 19.3 Å². The van der Waals surface area contributed by atoms with E-state index in [1.165, 1.54) is 89.9 Å². The van der Waals surface area contributed by atoms with Crippen LogP contribution in [0.3, 0.4) is 0 Å². The smallest absolute Gasteiger partial charge is 0.306 e. The van der Waals surface area contributed by atoms with Gasteiger partial charge in [0.2, 0.25) is 0 Å². The number of hydrogen-bond acceptors (Lipinski definition) is 6. The highest BCUT2D eigenvalue weighted by Gasteiger charge is 2.19. The molecule has 0 fully saturated rings. The SMILES string of the molecule is CC\C=C/C=C\C=C/C=C\C=C\C=C/CCCCCC(=O)OC(COC(=O)CCCCC/C=C\CCCCCCCC)COC(=O)CCCCCCC/C=C\C=C/CCCCCCCCC. The van der Waals surface area contributed by atoms with Crippen LogP contribution in [-0.4, -0.2) is 37.2 Å². The maximum absolute atomic E-state index is 12.8.